The second kappa shape index (κ2) is 6.07. The van der Waals surface area contributed by atoms with Crippen LogP contribution in [-0.2, 0) is 16.6 Å². The number of hydrogen-bond acceptors (Lipinski definition) is 3. The Morgan fingerprint density at radius 1 is 1.15 bits per heavy atom. The van der Waals surface area contributed by atoms with Crippen LogP contribution in [-0.4, -0.2) is 10.1 Å². The normalized spacial score (nSPS) is 12.1. The van der Waals surface area contributed by atoms with E-state index in [9.17, 15) is 9.00 Å². The fraction of sp³-hybridized carbons (Fsp3) is 0.0714. The van der Waals surface area contributed by atoms with Gasteiger partial charge in [-0.1, -0.05) is 23.7 Å². The number of amides is 1. The molecule has 4 nitrogen and oxygen atoms in total. The largest absolute Gasteiger partial charge is 0.398 e. The number of rotatable bonds is 4. The molecular weight excluding hydrogens is 296 g/mol. The molecule has 0 fully saturated rings. The zero-order valence-corrected chi connectivity index (χ0v) is 12.1. The smallest absolute Gasteiger partial charge is 0.248 e. The lowest BCUT2D eigenvalue weighted by Crippen LogP contribution is -2.10. The van der Waals surface area contributed by atoms with Gasteiger partial charge in [0, 0.05) is 16.3 Å². The van der Waals surface area contributed by atoms with Gasteiger partial charge in [0.25, 0.3) is 0 Å². The summed E-state index contributed by atoms with van der Waals surface area (Å²) >= 11 is 5.88. The van der Waals surface area contributed by atoms with E-state index in [1.54, 1.807) is 42.5 Å². The summed E-state index contributed by atoms with van der Waals surface area (Å²) in [6.07, 6.45) is 0. The van der Waals surface area contributed by atoms with Crippen LogP contribution in [0.4, 0.5) is 5.69 Å². The first kappa shape index (κ1) is 14.6. The van der Waals surface area contributed by atoms with E-state index in [-0.39, 0.29) is 0 Å². The molecule has 0 aliphatic rings. The average Bonchev–Trinajstić information content (AvgIpc) is 2.42. The lowest BCUT2D eigenvalue weighted by Gasteiger charge is -2.07. The number of carbonyl (C=O) groups is 1. The van der Waals surface area contributed by atoms with Crippen molar-refractivity contribution in [1.82, 2.24) is 0 Å². The zero-order valence-electron chi connectivity index (χ0n) is 10.5. The highest BCUT2D eigenvalue weighted by Gasteiger charge is 2.10. The standard InChI is InChI=1S/C14H13ClN2O2S/c15-11-5-6-12(16)13(7-11)20(19)8-9-1-3-10(4-2-9)14(17)18/h1-7H,8,16H2,(H2,17,18). The Labute approximate surface area is 124 Å². The van der Waals surface area contributed by atoms with Crippen LogP contribution in [0.25, 0.3) is 0 Å². The molecule has 2 aromatic rings. The van der Waals surface area contributed by atoms with Crippen molar-refractivity contribution in [2.75, 3.05) is 5.73 Å². The van der Waals surface area contributed by atoms with Crippen LogP contribution < -0.4 is 11.5 Å². The molecule has 0 saturated carbocycles. The third kappa shape index (κ3) is 3.37. The highest BCUT2D eigenvalue weighted by molar-refractivity contribution is 7.84. The predicted octanol–water partition coefficient (Wildman–Crippen LogP) is 2.33. The van der Waals surface area contributed by atoms with Crippen LogP contribution in [0.15, 0.2) is 47.4 Å². The molecule has 0 aliphatic carbocycles. The van der Waals surface area contributed by atoms with Gasteiger partial charge in [0.2, 0.25) is 5.91 Å². The molecule has 2 rings (SSSR count). The highest BCUT2D eigenvalue weighted by Crippen LogP contribution is 2.23. The van der Waals surface area contributed by atoms with Crippen molar-refractivity contribution >= 4 is 34.0 Å². The molecule has 0 radical (unpaired) electrons. The van der Waals surface area contributed by atoms with Crippen molar-refractivity contribution in [3.05, 3.63) is 58.6 Å². The van der Waals surface area contributed by atoms with Crippen molar-refractivity contribution < 1.29 is 9.00 Å². The first-order chi connectivity index (χ1) is 9.47. The Kier molecular flexibility index (Phi) is 4.42. The fourth-order valence-electron chi connectivity index (χ4n) is 1.70. The second-order valence-corrected chi connectivity index (χ2v) is 6.09. The maximum atomic E-state index is 12.3. The number of halogens is 1. The molecular formula is C14H13ClN2O2S. The van der Waals surface area contributed by atoms with Crippen LogP contribution in [0.3, 0.4) is 0 Å². The van der Waals surface area contributed by atoms with E-state index >= 15 is 0 Å². The Balaban J connectivity index is 2.19. The van der Waals surface area contributed by atoms with Crippen LogP contribution in [0.1, 0.15) is 15.9 Å². The van der Waals surface area contributed by atoms with Crippen LogP contribution in [0, 0.1) is 0 Å². The van der Waals surface area contributed by atoms with Gasteiger partial charge in [0.15, 0.2) is 0 Å². The van der Waals surface area contributed by atoms with E-state index in [1.165, 1.54) is 0 Å². The Bertz CT molecular complexity index is 671. The molecule has 0 bridgehead atoms. The van der Waals surface area contributed by atoms with E-state index in [4.69, 9.17) is 23.1 Å². The predicted molar refractivity (Wildman–Crippen MR) is 80.9 cm³/mol. The topological polar surface area (TPSA) is 86.2 Å². The summed E-state index contributed by atoms with van der Waals surface area (Å²) in [4.78, 5) is 11.5. The SMILES string of the molecule is NC(=O)c1ccc(CS(=O)c2cc(Cl)ccc2N)cc1. The van der Waals surface area contributed by atoms with Gasteiger partial charge < -0.3 is 11.5 Å². The molecule has 0 saturated heterocycles. The van der Waals surface area contributed by atoms with Gasteiger partial charge in [0.1, 0.15) is 0 Å². The summed E-state index contributed by atoms with van der Waals surface area (Å²) in [6, 6.07) is 11.5. The first-order valence-corrected chi connectivity index (χ1v) is 7.49. The fourth-order valence-corrected chi connectivity index (χ4v) is 3.18. The minimum absolute atomic E-state index is 0.295. The second-order valence-electron chi connectivity index (χ2n) is 4.23. The molecule has 104 valence electrons. The molecule has 1 atom stereocenters. The quantitative estimate of drug-likeness (QED) is 0.850. The summed E-state index contributed by atoms with van der Waals surface area (Å²) in [5.74, 6) is -0.194. The molecule has 1 unspecified atom stereocenters. The minimum atomic E-state index is -1.30. The number of carbonyl (C=O) groups excluding carboxylic acids is 1. The number of nitrogen functional groups attached to an aromatic ring is 1. The summed E-state index contributed by atoms with van der Waals surface area (Å²) in [6.45, 7) is 0. The van der Waals surface area contributed by atoms with Crippen LogP contribution in [0.2, 0.25) is 5.02 Å². The lowest BCUT2D eigenvalue weighted by atomic mass is 10.1. The van der Waals surface area contributed by atoms with Gasteiger partial charge in [-0.25, -0.2) is 0 Å². The molecule has 6 heteroatoms. The molecule has 0 aromatic heterocycles. The van der Waals surface area contributed by atoms with Gasteiger partial charge in [-0.15, -0.1) is 0 Å². The summed E-state index contributed by atoms with van der Waals surface area (Å²) in [7, 11) is -1.30. The molecule has 0 spiro atoms. The summed E-state index contributed by atoms with van der Waals surface area (Å²) in [5.41, 5.74) is 12.6. The van der Waals surface area contributed by atoms with E-state index < -0.39 is 16.7 Å². The number of nitrogens with two attached hydrogens (primary N) is 2. The van der Waals surface area contributed by atoms with Crippen molar-refractivity contribution in [1.29, 1.82) is 0 Å². The van der Waals surface area contributed by atoms with Crippen molar-refractivity contribution in [3.63, 3.8) is 0 Å². The average molecular weight is 309 g/mol. The third-order valence-corrected chi connectivity index (χ3v) is 4.43. The Morgan fingerprint density at radius 2 is 1.80 bits per heavy atom. The van der Waals surface area contributed by atoms with Gasteiger partial charge in [-0.3, -0.25) is 9.00 Å². The zero-order chi connectivity index (χ0) is 14.7. The Hall–Kier alpha value is -1.85. The number of benzene rings is 2. The number of primary amides is 1. The molecule has 0 aliphatic heterocycles. The molecule has 1 amide bonds. The monoisotopic (exact) mass is 308 g/mol. The minimum Gasteiger partial charge on any atom is -0.398 e. The maximum absolute atomic E-state index is 12.3. The number of anilines is 1. The van der Waals surface area contributed by atoms with Crippen molar-refractivity contribution in [2.24, 2.45) is 5.73 Å². The van der Waals surface area contributed by atoms with Crippen LogP contribution >= 0.6 is 11.6 Å². The highest BCUT2D eigenvalue weighted by atomic mass is 35.5. The van der Waals surface area contributed by atoms with Gasteiger partial charge in [-0.2, -0.15) is 0 Å². The molecule has 2 aromatic carbocycles. The summed E-state index contributed by atoms with van der Waals surface area (Å²) < 4.78 is 12.3. The van der Waals surface area contributed by atoms with E-state index in [0.29, 0.717) is 26.9 Å². The Morgan fingerprint density at radius 3 is 2.40 bits per heavy atom. The van der Waals surface area contributed by atoms with E-state index in [0.717, 1.165) is 5.56 Å². The lowest BCUT2D eigenvalue weighted by molar-refractivity contribution is 0.100. The van der Waals surface area contributed by atoms with Crippen molar-refractivity contribution in [2.45, 2.75) is 10.6 Å². The van der Waals surface area contributed by atoms with E-state index in [2.05, 4.69) is 0 Å². The van der Waals surface area contributed by atoms with E-state index in [1.807, 2.05) is 0 Å². The first-order valence-electron chi connectivity index (χ1n) is 5.79. The maximum Gasteiger partial charge on any atom is 0.248 e. The summed E-state index contributed by atoms with van der Waals surface area (Å²) in [5, 5.41) is 0.492. The van der Waals surface area contributed by atoms with Crippen LogP contribution in [0.5, 0.6) is 0 Å². The van der Waals surface area contributed by atoms with Gasteiger partial charge in [-0.05, 0) is 35.9 Å². The third-order valence-electron chi connectivity index (χ3n) is 2.76. The number of hydrogen-bond donors (Lipinski definition) is 2. The van der Waals surface area contributed by atoms with Gasteiger partial charge >= 0.3 is 0 Å². The van der Waals surface area contributed by atoms with Crippen molar-refractivity contribution in [3.8, 4) is 0 Å². The molecule has 4 N–H and O–H groups in total. The molecule has 0 heterocycles. The van der Waals surface area contributed by atoms with Gasteiger partial charge in [0.05, 0.1) is 21.4 Å². The molecule has 20 heavy (non-hydrogen) atoms.